The Bertz CT molecular complexity index is 347. The van der Waals surface area contributed by atoms with Gasteiger partial charge in [-0.25, -0.2) is 0 Å². The Morgan fingerprint density at radius 2 is 1.05 bits per heavy atom. The molecule has 0 aliphatic rings. The number of methoxy groups -OCH3 is 2. The molecule has 0 rings (SSSR count). The highest BCUT2D eigenvalue weighted by Crippen LogP contribution is 2.02. The van der Waals surface area contributed by atoms with E-state index in [1.165, 1.54) is 26.4 Å². The number of hydrogen-bond acceptors (Lipinski definition) is 6. The van der Waals surface area contributed by atoms with Gasteiger partial charge in [0.05, 0.1) is 14.2 Å². The van der Waals surface area contributed by atoms with Gasteiger partial charge in [0.2, 0.25) is 0 Å². The molecule has 0 N–H and O–H groups in total. The first kappa shape index (κ1) is 18.0. The van der Waals surface area contributed by atoms with Crippen LogP contribution >= 0.6 is 0 Å². The Hall–Kier alpha value is -1.98. The fourth-order valence-corrected chi connectivity index (χ4v) is 1.37. The third-order valence-electron chi connectivity index (χ3n) is 2.52. The molecule has 0 bridgehead atoms. The van der Waals surface area contributed by atoms with Gasteiger partial charge in [-0.15, -0.1) is 0 Å². The SMILES string of the molecule is COC(=O)CCCC(=O)/C=C/C(=O)CCCC(=O)OC. The molecule has 0 aromatic carbocycles. The molecule has 0 atom stereocenters. The number of rotatable bonds is 10. The Labute approximate surface area is 118 Å². The summed E-state index contributed by atoms with van der Waals surface area (Å²) >= 11 is 0. The van der Waals surface area contributed by atoms with Gasteiger partial charge in [0, 0.05) is 25.7 Å². The van der Waals surface area contributed by atoms with Gasteiger partial charge >= 0.3 is 11.9 Å². The van der Waals surface area contributed by atoms with Crippen molar-refractivity contribution >= 4 is 23.5 Å². The van der Waals surface area contributed by atoms with E-state index in [4.69, 9.17) is 0 Å². The van der Waals surface area contributed by atoms with Gasteiger partial charge in [-0.2, -0.15) is 0 Å². The summed E-state index contributed by atoms with van der Waals surface area (Å²) in [5.41, 5.74) is 0. The van der Waals surface area contributed by atoms with Gasteiger partial charge < -0.3 is 9.47 Å². The molecule has 6 nitrogen and oxygen atoms in total. The van der Waals surface area contributed by atoms with E-state index in [1.807, 2.05) is 0 Å². The third kappa shape index (κ3) is 9.99. The summed E-state index contributed by atoms with van der Waals surface area (Å²) in [6.07, 6.45) is 3.96. The highest BCUT2D eigenvalue weighted by molar-refractivity contribution is 5.98. The number of esters is 2. The molecule has 0 unspecified atom stereocenters. The number of allylic oxidation sites excluding steroid dienone is 2. The van der Waals surface area contributed by atoms with Gasteiger partial charge in [-0.05, 0) is 25.0 Å². The minimum atomic E-state index is -0.360. The fourth-order valence-electron chi connectivity index (χ4n) is 1.37. The number of ketones is 2. The fraction of sp³-hybridized carbons (Fsp3) is 0.571. The number of carbonyl (C=O) groups is 4. The first-order valence-corrected chi connectivity index (χ1v) is 6.37. The molecule has 0 saturated heterocycles. The monoisotopic (exact) mass is 284 g/mol. The predicted octanol–water partition coefficient (Wildman–Crippen LogP) is 1.37. The van der Waals surface area contributed by atoms with Crippen LogP contribution in [-0.2, 0) is 28.7 Å². The molecule has 0 aliphatic heterocycles. The topological polar surface area (TPSA) is 86.7 Å². The third-order valence-corrected chi connectivity index (χ3v) is 2.52. The van der Waals surface area contributed by atoms with E-state index in [9.17, 15) is 19.2 Å². The van der Waals surface area contributed by atoms with Crippen LogP contribution in [0.2, 0.25) is 0 Å². The predicted molar refractivity (Wildman–Crippen MR) is 70.9 cm³/mol. The molecule has 0 aromatic rings. The standard InChI is InChI=1S/C14H20O6/c1-19-13(17)7-3-5-11(15)9-10-12(16)6-4-8-14(18)20-2/h9-10H,3-8H2,1-2H3/b10-9+. The second kappa shape index (κ2) is 10.9. The van der Waals surface area contributed by atoms with E-state index in [0.29, 0.717) is 12.8 Å². The maximum absolute atomic E-state index is 11.4. The summed E-state index contributed by atoms with van der Waals surface area (Å²) in [6.45, 7) is 0. The Morgan fingerprint density at radius 3 is 1.35 bits per heavy atom. The average Bonchev–Trinajstić information content (AvgIpc) is 2.44. The smallest absolute Gasteiger partial charge is 0.305 e. The number of carbonyl (C=O) groups excluding carboxylic acids is 4. The van der Waals surface area contributed by atoms with Crippen molar-refractivity contribution in [1.29, 1.82) is 0 Å². The van der Waals surface area contributed by atoms with Crippen LogP contribution < -0.4 is 0 Å². The Kier molecular flexibility index (Phi) is 9.82. The van der Waals surface area contributed by atoms with Crippen LogP contribution in [0, 0.1) is 0 Å². The van der Waals surface area contributed by atoms with Gasteiger partial charge in [-0.3, -0.25) is 19.2 Å². The molecule has 20 heavy (non-hydrogen) atoms. The summed E-state index contributed by atoms with van der Waals surface area (Å²) < 4.78 is 8.89. The van der Waals surface area contributed by atoms with Gasteiger partial charge in [0.25, 0.3) is 0 Å². The van der Waals surface area contributed by atoms with Crippen molar-refractivity contribution in [3.05, 3.63) is 12.2 Å². The van der Waals surface area contributed by atoms with Gasteiger partial charge in [0.1, 0.15) is 0 Å². The number of hydrogen-bond donors (Lipinski definition) is 0. The lowest BCUT2D eigenvalue weighted by Crippen LogP contribution is -2.03. The minimum absolute atomic E-state index is 0.184. The molecular weight excluding hydrogens is 264 g/mol. The van der Waals surface area contributed by atoms with Gasteiger partial charge in [0.15, 0.2) is 11.6 Å². The van der Waals surface area contributed by atoms with Crippen LogP contribution in [0.1, 0.15) is 38.5 Å². The molecule has 0 spiro atoms. The number of ether oxygens (including phenoxy) is 2. The van der Waals surface area contributed by atoms with Crippen LogP contribution in [0.4, 0.5) is 0 Å². The van der Waals surface area contributed by atoms with Crippen molar-refractivity contribution in [1.82, 2.24) is 0 Å². The van der Waals surface area contributed by atoms with Crippen molar-refractivity contribution < 1.29 is 28.7 Å². The lowest BCUT2D eigenvalue weighted by Gasteiger charge is -1.98. The van der Waals surface area contributed by atoms with Crippen LogP contribution in [0.5, 0.6) is 0 Å². The molecule has 0 aromatic heterocycles. The van der Waals surface area contributed by atoms with E-state index in [0.717, 1.165) is 0 Å². The molecule has 0 radical (unpaired) electrons. The quantitative estimate of drug-likeness (QED) is 0.445. The molecule has 112 valence electrons. The second-order valence-electron chi connectivity index (χ2n) is 4.13. The molecule has 0 saturated carbocycles. The minimum Gasteiger partial charge on any atom is -0.469 e. The molecule has 0 fully saturated rings. The summed E-state index contributed by atoms with van der Waals surface area (Å²) in [5, 5.41) is 0. The maximum Gasteiger partial charge on any atom is 0.305 e. The molecule has 0 aliphatic carbocycles. The Morgan fingerprint density at radius 1 is 0.700 bits per heavy atom. The van der Waals surface area contributed by atoms with Crippen LogP contribution in [0.25, 0.3) is 0 Å². The first-order valence-electron chi connectivity index (χ1n) is 6.37. The van der Waals surface area contributed by atoms with E-state index in [1.54, 1.807) is 0 Å². The molecule has 6 heteroatoms. The lowest BCUT2D eigenvalue weighted by atomic mass is 10.1. The van der Waals surface area contributed by atoms with Crippen molar-refractivity contribution in [2.45, 2.75) is 38.5 Å². The van der Waals surface area contributed by atoms with Gasteiger partial charge in [-0.1, -0.05) is 0 Å². The van der Waals surface area contributed by atoms with E-state index in [-0.39, 0.29) is 49.2 Å². The summed E-state index contributed by atoms with van der Waals surface area (Å²) in [4.78, 5) is 44.4. The summed E-state index contributed by atoms with van der Waals surface area (Å²) in [7, 11) is 2.58. The second-order valence-corrected chi connectivity index (χ2v) is 4.13. The van der Waals surface area contributed by atoms with Crippen LogP contribution in [0.3, 0.4) is 0 Å². The lowest BCUT2D eigenvalue weighted by molar-refractivity contribution is -0.141. The van der Waals surface area contributed by atoms with Crippen molar-refractivity contribution in [2.75, 3.05) is 14.2 Å². The van der Waals surface area contributed by atoms with Crippen LogP contribution in [-0.4, -0.2) is 37.7 Å². The van der Waals surface area contributed by atoms with Crippen LogP contribution in [0.15, 0.2) is 12.2 Å². The normalized spacial score (nSPS) is 10.3. The van der Waals surface area contributed by atoms with Crippen molar-refractivity contribution in [3.8, 4) is 0 Å². The highest BCUT2D eigenvalue weighted by atomic mass is 16.5. The molecule has 0 amide bonds. The zero-order valence-corrected chi connectivity index (χ0v) is 11.8. The maximum atomic E-state index is 11.4. The van der Waals surface area contributed by atoms with Crippen molar-refractivity contribution in [3.63, 3.8) is 0 Å². The average molecular weight is 284 g/mol. The summed E-state index contributed by atoms with van der Waals surface area (Å²) in [6, 6.07) is 0. The first-order chi connectivity index (χ1) is 9.49. The summed E-state index contributed by atoms with van der Waals surface area (Å²) in [5.74, 6) is -1.15. The largest absolute Gasteiger partial charge is 0.469 e. The van der Waals surface area contributed by atoms with E-state index in [2.05, 4.69) is 9.47 Å². The molecule has 0 heterocycles. The van der Waals surface area contributed by atoms with E-state index >= 15 is 0 Å². The Balaban J connectivity index is 3.80. The zero-order chi connectivity index (χ0) is 15.4. The molecular formula is C14H20O6. The van der Waals surface area contributed by atoms with Crippen molar-refractivity contribution in [2.24, 2.45) is 0 Å². The van der Waals surface area contributed by atoms with E-state index < -0.39 is 0 Å². The highest BCUT2D eigenvalue weighted by Gasteiger charge is 2.05. The zero-order valence-electron chi connectivity index (χ0n) is 11.8.